The fraction of sp³-hybridized carbons (Fsp3) is 0.400. The van der Waals surface area contributed by atoms with E-state index in [4.69, 9.17) is 9.47 Å². The lowest BCUT2D eigenvalue weighted by Gasteiger charge is -2.35. The molecule has 0 radical (unpaired) electrons. The lowest BCUT2D eigenvalue weighted by atomic mass is 10.1. The van der Waals surface area contributed by atoms with Crippen molar-refractivity contribution in [1.29, 1.82) is 0 Å². The van der Waals surface area contributed by atoms with Crippen LogP contribution in [0.5, 0.6) is 11.5 Å². The molecule has 4 aliphatic heterocycles. The third-order valence-electron chi connectivity index (χ3n) is 5.75. The van der Waals surface area contributed by atoms with Crippen molar-refractivity contribution < 1.29 is 31.1 Å². The first kappa shape index (κ1) is 21.9. The summed E-state index contributed by atoms with van der Waals surface area (Å²) in [7, 11) is -7.21. The topological polar surface area (TPSA) is 126 Å². The number of sulfonamides is 2. The zero-order valence-corrected chi connectivity index (χ0v) is 19.2. The highest BCUT2D eigenvalue weighted by Crippen LogP contribution is 2.33. The molecule has 0 spiro atoms. The van der Waals surface area contributed by atoms with E-state index >= 15 is 0 Å². The highest BCUT2D eigenvalue weighted by molar-refractivity contribution is 7.90. The van der Waals surface area contributed by atoms with E-state index < -0.39 is 20.0 Å². The maximum atomic E-state index is 13.1. The molecule has 0 unspecified atom stereocenters. The molecule has 0 aromatic heterocycles. The Morgan fingerprint density at radius 1 is 0.970 bits per heavy atom. The van der Waals surface area contributed by atoms with E-state index in [0.29, 0.717) is 30.3 Å². The molecule has 4 aliphatic rings. The number of hydrogen-bond donors (Lipinski definition) is 0. The van der Waals surface area contributed by atoms with Gasteiger partial charge < -0.3 is 19.3 Å². The molecule has 1 aromatic rings. The molecule has 4 heterocycles. The van der Waals surface area contributed by atoms with Crippen LogP contribution < -0.4 is 9.47 Å². The summed E-state index contributed by atoms with van der Waals surface area (Å²) in [4.78, 5) is 16.3. The summed E-state index contributed by atoms with van der Waals surface area (Å²) < 4.78 is 65.5. The van der Waals surface area contributed by atoms with Crippen molar-refractivity contribution >= 4 is 31.8 Å². The second-order valence-electron chi connectivity index (χ2n) is 7.85. The van der Waals surface area contributed by atoms with Crippen LogP contribution in [0.25, 0.3) is 0 Å². The van der Waals surface area contributed by atoms with Crippen LogP contribution in [0.3, 0.4) is 0 Å². The van der Waals surface area contributed by atoms with Gasteiger partial charge in [-0.1, -0.05) is 0 Å². The van der Waals surface area contributed by atoms with Gasteiger partial charge in [-0.3, -0.25) is 4.79 Å². The van der Waals surface area contributed by atoms with E-state index in [1.165, 1.54) is 28.6 Å². The highest BCUT2D eigenvalue weighted by atomic mass is 32.2. The van der Waals surface area contributed by atoms with Gasteiger partial charge in [-0.15, -0.1) is 4.40 Å². The number of hydrogen-bond acceptors (Lipinski definition) is 8. The minimum atomic E-state index is -3.75. The largest absolute Gasteiger partial charge is 0.486 e. The van der Waals surface area contributed by atoms with Crippen molar-refractivity contribution in [3.63, 3.8) is 0 Å². The van der Waals surface area contributed by atoms with Crippen molar-refractivity contribution in [3.05, 3.63) is 42.1 Å². The van der Waals surface area contributed by atoms with Gasteiger partial charge in [0.2, 0.25) is 10.0 Å². The normalized spacial score (nSPS) is 22.3. The Bertz CT molecular complexity index is 1290. The SMILES string of the molecule is O=C(C1=CN2CCS(=O)(=O)N=C2C=C1)N1CCN(S(=O)(=O)c2ccc3c(c2)OCCO3)CC1. The summed E-state index contributed by atoms with van der Waals surface area (Å²) in [6.07, 6.45) is 4.64. The summed E-state index contributed by atoms with van der Waals surface area (Å²) in [5, 5.41) is 0. The second kappa shape index (κ2) is 8.15. The van der Waals surface area contributed by atoms with Crippen LogP contribution in [0.15, 0.2) is 51.4 Å². The van der Waals surface area contributed by atoms with Gasteiger partial charge in [-0.05, 0) is 24.3 Å². The van der Waals surface area contributed by atoms with E-state index in [9.17, 15) is 21.6 Å². The standard InChI is InChI=1S/C20H22N4O7S2/c25-20(15-1-4-19-21-32(26,27)12-9-23(19)14-15)22-5-7-24(8-6-22)33(28,29)16-2-3-17-18(13-16)31-11-10-30-17/h1-4,13-14H,5-12H2. The highest BCUT2D eigenvalue weighted by Gasteiger charge is 2.33. The Labute approximate surface area is 191 Å². The maximum absolute atomic E-state index is 13.1. The first-order valence-electron chi connectivity index (χ1n) is 10.4. The van der Waals surface area contributed by atoms with Gasteiger partial charge in [0.05, 0.1) is 16.2 Å². The van der Waals surface area contributed by atoms with Gasteiger partial charge in [0, 0.05) is 45.0 Å². The van der Waals surface area contributed by atoms with Crippen LogP contribution in [-0.4, -0.2) is 94.4 Å². The third-order valence-corrected chi connectivity index (χ3v) is 8.81. The van der Waals surface area contributed by atoms with Crippen LogP contribution in [-0.2, 0) is 24.8 Å². The molecule has 1 saturated heterocycles. The maximum Gasteiger partial charge on any atom is 0.256 e. The van der Waals surface area contributed by atoms with Gasteiger partial charge in [-0.25, -0.2) is 16.8 Å². The molecule has 1 fully saturated rings. The predicted molar refractivity (Wildman–Crippen MR) is 118 cm³/mol. The molecule has 176 valence electrons. The Hall–Kier alpha value is -2.90. The van der Waals surface area contributed by atoms with Crippen LogP contribution in [0.1, 0.15) is 0 Å². The molecule has 11 nitrogen and oxygen atoms in total. The van der Waals surface area contributed by atoms with Gasteiger partial charge in [0.1, 0.15) is 19.0 Å². The number of ether oxygens (including phenoxy) is 2. The fourth-order valence-electron chi connectivity index (χ4n) is 3.97. The van der Waals surface area contributed by atoms with Crippen LogP contribution >= 0.6 is 0 Å². The van der Waals surface area contributed by atoms with E-state index in [-0.39, 0.29) is 55.1 Å². The Morgan fingerprint density at radius 3 is 2.45 bits per heavy atom. The molecule has 0 aliphatic carbocycles. The molecule has 1 amide bonds. The first-order valence-corrected chi connectivity index (χ1v) is 13.5. The second-order valence-corrected chi connectivity index (χ2v) is 11.5. The van der Waals surface area contributed by atoms with Gasteiger partial charge in [0.15, 0.2) is 11.5 Å². The van der Waals surface area contributed by atoms with E-state index in [1.807, 2.05) is 0 Å². The molecular weight excluding hydrogens is 472 g/mol. The van der Waals surface area contributed by atoms with Gasteiger partial charge in [-0.2, -0.15) is 4.31 Å². The minimum absolute atomic E-state index is 0.112. The number of amidine groups is 1. The first-order chi connectivity index (χ1) is 15.7. The number of nitrogens with zero attached hydrogens (tertiary/aromatic N) is 4. The van der Waals surface area contributed by atoms with Crippen LogP contribution in [0.2, 0.25) is 0 Å². The van der Waals surface area contributed by atoms with E-state index in [2.05, 4.69) is 4.40 Å². The Balaban J connectivity index is 1.25. The van der Waals surface area contributed by atoms with Crippen molar-refractivity contribution in [2.24, 2.45) is 4.40 Å². The van der Waals surface area contributed by atoms with Crippen molar-refractivity contribution in [1.82, 2.24) is 14.1 Å². The number of amides is 1. The summed E-state index contributed by atoms with van der Waals surface area (Å²) in [6, 6.07) is 4.55. The predicted octanol–water partition coefficient (Wildman–Crippen LogP) is -0.212. The number of rotatable bonds is 3. The molecule has 1 aromatic carbocycles. The smallest absolute Gasteiger partial charge is 0.256 e. The van der Waals surface area contributed by atoms with Crippen LogP contribution in [0, 0.1) is 0 Å². The quantitative estimate of drug-likeness (QED) is 0.565. The molecule has 0 N–H and O–H groups in total. The van der Waals surface area contributed by atoms with Gasteiger partial charge in [0.25, 0.3) is 15.9 Å². The summed E-state index contributed by atoms with van der Waals surface area (Å²) in [5.74, 6) is 0.853. The lowest BCUT2D eigenvalue weighted by molar-refractivity contribution is -0.128. The molecule has 13 heteroatoms. The van der Waals surface area contributed by atoms with E-state index in [1.54, 1.807) is 22.1 Å². The molecule has 5 rings (SSSR count). The number of fused-ring (bicyclic) bond motifs is 2. The average Bonchev–Trinajstić information content (AvgIpc) is 2.82. The number of carbonyl (C=O) groups excluding carboxylic acids is 1. The third kappa shape index (κ3) is 4.23. The van der Waals surface area contributed by atoms with Crippen LogP contribution in [0.4, 0.5) is 0 Å². The van der Waals surface area contributed by atoms with E-state index in [0.717, 1.165) is 0 Å². The monoisotopic (exact) mass is 494 g/mol. The number of carbonyl (C=O) groups is 1. The summed E-state index contributed by atoms with van der Waals surface area (Å²) in [6.45, 7) is 1.81. The summed E-state index contributed by atoms with van der Waals surface area (Å²) >= 11 is 0. The molecule has 0 atom stereocenters. The molecule has 0 bridgehead atoms. The fourth-order valence-corrected chi connectivity index (χ4v) is 6.38. The Kier molecular flexibility index (Phi) is 5.41. The van der Waals surface area contributed by atoms with Gasteiger partial charge >= 0.3 is 0 Å². The molecular formula is C20H22N4O7S2. The average molecular weight is 495 g/mol. The summed E-state index contributed by atoms with van der Waals surface area (Å²) in [5.41, 5.74) is 0.399. The zero-order chi connectivity index (χ0) is 23.2. The molecule has 0 saturated carbocycles. The zero-order valence-electron chi connectivity index (χ0n) is 17.6. The minimum Gasteiger partial charge on any atom is -0.486 e. The van der Waals surface area contributed by atoms with Crippen molar-refractivity contribution in [2.45, 2.75) is 4.90 Å². The number of benzene rings is 1. The Morgan fingerprint density at radius 2 is 1.70 bits per heavy atom. The number of piperazine rings is 1. The van der Waals surface area contributed by atoms with Crippen molar-refractivity contribution in [3.8, 4) is 11.5 Å². The lowest BCUT2D eigenvalue weighted by Crippen LogP contribution is -2.51. The molecule has 33 heavy (non-hydrogen) atoms. The van der Waals surface area contributed by atoms with Crippen molar-refractivity contribution in [2.75, 3.05) is 51.7 Å².